The van der Waals surface area contributed by atoms with Crippen molar-refractivity contribution in [1.82, 2.24) is 14.6 Å². The highest BCUT2D eigenvalue weighted by Crippen LogP contribution is 2.35. The number of amides is 1. The fourth-order valence-corrected chi connectivity index (χ4v) is 5.96. The standard InChI is InChI=1S/C24H19ClN4O3S/c25-15-8-6-14(7-9-15)17-11-18(19-4-2-10-32-19)29(27-17)21(30)12-28-13-26-23-22(24(28)31)16-3-1-5-20(16)33-23/h2,4,6-10,13,18H,1,3,5,11-12H2. The summed E-state index contributed by atoms with van der Waals surface area (Å²) in [6, 6.07) is 10.6. The normalized spacial score (nSPS) is 17.5. The first-order valence-corrected chi connectivity index (χ1v) is 12.0. The molecule has 166 valence electrons. The Balaban J connectivity index is 1.34. The Bertz CT molecular complexity index is 1450. The fraction of sp³-hybridized carbons (Fsp3) is 0.250. The van der Waals surface area contributed by atoms with Crippen LogP contribution in [-0.4, -0.2) is 26.2 Å². The van der Waals surface area contributed by atoms with Gasteiger partial charge in [0.2, 0.25) is 0 Å². The molecule has 7 nitrogen and oxygen atoms in total. The molecule has 33 heavy (non-hydrogen) atoms. The van der Waals surface area contributed by atoms with E-state index < -0.39 is 0 Å². The maximum atomic E-state index is 13.4. The number of thiophene rings is 1. The van der Waals surface area contributed by atoms with E-state index in [1.54, 1.807) is 35.8 Å². The van der Waals surface area contributed by atoms with Crippen molar-refractivity contribution in [1.29, 1.82) is 0 Å². The first-order chi connectivity index (χ1) is 16.1. The van der Waals surface area contributed by atoms with Gasteiger partial charge < -0.3 is 4.42 Å². The van der Waals surface area contributed by atoms with Crippen LogP contribution in [0.3, 0.4) is 0 Å². The molecule has 1 unspecified atom stereocenters. The van der Waals surface area contributed by atoms with Gasteiger partial charge in [-0.25, -0.2) is 9.99 Å². The fourth-order valence-electron chi connectivity index (χ4n) is 4.61. The van der Waals surface area contributed by atoms with E-state index in [-0.39, 0.29) is 24.1 Å². The molecular formula is C24H19ClN4O3S. The molecule has 1 amide bonds. The molecule has 1 aliphatic heterocycles. The number of hydrogen-bond donors (Lipinski definition) is 0. The summed E-state index contributed by atoms with van der Waals surface area (Å²) in [4.78, 5) is 33.1. The van der Waals surface area contributed by atoms with Gasteiger partial charge in [-0.15, -0.1) is 11.3 Å². The van der Waals surface area contributed by atoms with Crippen molar-refractivity contribution in [3.8, 4) is 0 Å². The summed E-state index contributed by atoms with van der Waals surface area (Å²) in [5.74, 6) is 0.350. The molecule has 6 rings (SSSR count). The molecule has 0 saturated heterocycles. The van der Waals surface area contributed by atoms with E-state index in [9.17, 15) is 9.59 Å². The molecule has 0 bridgehead atoms. The topological polar surface area (TPSA) is 80.7 Å². The Hall–Kier alpha value is -3.23. The van der Waals surface area contributed by atoms with Gasteiger partial charge in [0.25, 0.3) is 11.5 Å². The van der Waals surface area contributed by atoms with Crippen molar-refractivity contribution in [2.75, 3.05) is 0 Å². The molecule has 4 aromatic rings. The first-order valence-electron chi connectivity index (χ1n) is 10.8. The van der Waals surface area contributed by atoms with Crippen LogP contribution in [0.15, 0.2) is 63.3 Å². The minimum atomic E-state index is -0.379. The van der Waals surface area contributed by atoms with Crippen molar-refractivity contribution in [3.05, 3.63) is 86.1 Å². The Morgan fingerprint density at radius 3 is 2.85 bits per heavy atom. The quantitative estimate of drug-likeness (QED) is 0.430. The Morgan fingerprint density at radius 1 is 1.21 bits per heavy atom. The molecule has 3 aromatic heterocycles. The highest BCUT2D eigenvalue weighted by molar-refractivity contribution is 7.18. The van der Waals surface area contributed by atoms with Crippen LogP contribution in [0.2, 0.25) is 5.02 Å². The Morgan fingerprint density at radius 2 is 2.06 bits per heavy atom. The van der Waals surface area contributed by atoms with Crippen LogP contribution < -0.4 is 5.56 Å². The van der Waals surface area contributed by atoms with E-state index in [0.717, 1.165) is 40.9 Å². The van der Waals surface area contributed by atoms with Crippen LogP contribution in [0.5, 0.6) is 0 Å². The third-order valence-electron chi connectivity index (χ3n) is 6.21. The lowest BCUT2D eigenvalue weighted by Gasteiger charge is -2.20. The van der Waals surface area contributed by atoms with Crippen molar-refractivity contribution in [2.24, 2.45) is 5.10 Å². The number of carbonyl (C=O) groups is 1. The molecule has 1 aromatic carbocycles. The molecule has 1 aliphatic carbocycles. The molecule has 0 radical (unpaired) electrons. The number of hydrazone groups is 1. The molecule has 2 aliphatic rings. The lowest BCUT2D eigenvalue weighted by Crippen LogP contribution is -2.34. The monoisotopic (exact) mass is 478 g/mol. The molecule has 0 N–H and O–H groups in total. The van der Waals surface area contributed by atoms with Crippen LogP contribution >= 0.6 is 22.9 Å². The average Bonchev–Trinajstić information content (AvgIpc) is 3.59. The molecule has 1 atom stereocenters. The summed E-state index contributed by atoms with van der Waals surface area (Å²) in [6.45, 7) is -0.138. The maximum Gasteiger partial charge on any atom is 0.263 e. The van der Waals surface area contributed by atoms with Crippen LogP contribution in [-0.2, 0) is 24.2 Å². The third kappa shape index (κ3) is 3.50. The number of furan rings is 1. The van der Waals surface area contributed by atoms with E-state index in [2.05, 4.69) is 10.1 Å². The lowest BCUT2D eigenvalue weighted by molar-refractivity contribution is -0.134. The summed E-state index contributed by atoms with van der Waals surface area (Å²) in [6.07, 6.45) is 6.51. The van der Waals surface area contributed by atoms with Crippen molar-refractivity contribution in [2.45, 2.75) is 38.3 Å². The largest absolute Gasteiger partial charge is 0.467 e. The van der Waals surface area contributed by atoms with E-state index in [0.29, 0.717) is 22.6 Å². The van der Waals surface area contributed by atoms with Gasteiger partial charge in [-0.1, -0.05) is 23.7 Å². The third-order valence-corrected chi connectivity index (χ3v) is 7.66. The number of nitrogens with zero attached hydrogens (tertiary/aromatic N) is 4. The van der Waals surface area contributed by atoms with Crippen LogP contribution in [0.1, 0.15) is 40.6 Å². The predicted octanol–water partition coefficient (Wildman–Crippen LogP) is 4.57. The SMILES string of the molecule is O=C(Cn1cnc2sc3c(c2c1=O)CCC3)N1N=C(c2ccc(Cl)cc2)CC1c1ccco1. The van der Waals surface area contributed by atoms with E-state index in [1.807, 2.05) is 18.2 Å². The Kier molecular flexibility index (Phi) is 4.92. The molecule has 4 heterocycles. The van der Waals surface area contributed by atoms with Crippen LogP contribution in [0.4, 0.5) is 0 Å². The second-order valence-corrected chi connectivity index (χ2v) is 9.76. The van der Waals surface area contributed by atoms with Crippen molar-refractivity contribution < 1.29 is 9.21 Å². The average molecular weight is 479 g/mol. The van der Waals surface area contributed by atoms with Gasteiger partial charge in [-0.05, 0) is 54.7 Å². The van der Waals surface area contributed by atoms with E-state index in [1.165, 1.54) is 20.8 Å². The van der Waals surface area contributed by atoms with Crippen molar-refractivity contribution >= 4 is 44.8 Å². The number of rotatable bonds is 4. The highest BCUT2D eigenvalue weighted by atomic mass is 35.5. The first kappa shape index (κ1) is 20.4. The van der Waals surface area contributed by atoms with Gasteiger partial charge in [-0.2, -0.15) is 5.10 Å². The number of aromatic nitrogens is 2. The number of fused-ring (bicyclic) bond motifs is 3. The maximum absolute atomic E-state index is 13.4. The van der Waals surface area contributed by atoms with Crippen LogP contribution in [0, 0.1) is 0 Å². The second-order valence-electron chi connectivity index (χ2n) is 8.24. The minimum Gasteiger partial charge on any atom is -0.467 e. The smallest absolute Gasteiger partial charge is 0.263 e. The van der Waals surface area contributed by atoms with Crippen molar-refractivity contribution in [3.63, 3.8) is 0 Å². The molecule has 0 saturated carbocycles. The van der Waals surface area contributed by atoms with Gasteiger partial charge in [0.15, 0.2) is 0 Å². The second kappa shape index (κ2) is 7.97. The van der Waals surface area contributed by atoms with Gasteiger partial charge >= 0.3 is 0 Å². The minimum absolute atomic E-state index is 0.138. The zero-order chi connectivity index (χ0) is 22.5. The molecular weight excluding hydrogens is 460 g/mol. The molecule has 0 spiro atoms. The number of aryl methyl sites for hydroxylation is 2. The zero-order valence-corrected chi connectivity index (χ0v) is 19.1. The number of hydrogen-bond acceptors (Lipinski definition) is 6. The van der Waals surface area contributed by atoms with Gasteiger partial charge in [0, 0.05) is 16.3 Å². The summed E-state index contributed by atoms with van der Waals surface area (Å²) in [5.41, 5.74) is 2.59. The van der Waals surface area contributed by atoms with E-state index in [4.69, 9.17) is 16.0 Å². The number of carbonyl (C=O) groups excluding carboxylic acids is 1. The Labute approximate surface area is 197 Å². The number of benzene rings is 1. The predicted molar refractivity (Wildman–Crippen MR) is 127 cm³/mol. The highest BCUT2D eigenvalue weighted by Gasteiger charge is 2.35. The zero-order valence-electron chi connectivity index (χ0n) is 17.5. The summed E-state index contributed by atoms with van der Waals surface area (Å²) in [5, 5.41) is 7.35. The summed E-state index contributed by atoms with van der Waals surface area (Å²) < 4.78 is 7.00. The van der Waals surface area contributed by atoms with Crippen LogP contribution in [0.25, 0.3) is 10.2 Å². The van der Waals surface area contributed by atoms with Gasteiger partial charge in [0.1, 0.15) is 23.2 Å². The summed E-state index contributed by atoms with van der Waals surface area (Å²) >= 11 is 7.61. The van der Waals surface area contributed by atoms with Gasteiger partial charge in [-0.3, -0.25) is 14.2 Å². The van der Waals surface area contributed by atoms with E-state index >= 15 is 0 Å². The lowest BCUT2D eigenvalue weighted by atomic mass is 10.0. The number of halogens is 1. The summed E-state index contributed by atoms with van der Waals surface area (Å²) in [7, 11) is 0. The molecule has 0 fully saturated rings. The van der Waals surface area contributed by atoms with Gasteiger partial charge in [0.05, 0.1) is 23.7 Å². The molecule has 9 heteroatoms.